The van der Waals surface area contributed by atoms with Gasteiger partial charge >= 0.3 is 0 Å². The number of halogens is 2. The van der Waals surface area contributed by atoms with Crippen molar-refractivity contribution in [1.82, 2.24) is 0 Å². The van der Waals surface area contributed by atoms with Crippen LogP contribution >= 0.6 is 11.3 Å². The van der Waals surface area contributed by atoms with Gasteiger partial charge in [-0.3, -0.25) is 0 Å². The first kappa shape index (κ1) is 10.8. The third kappa shape index (κ3) is 2.29. The Kier molecular flexibility index (Phi) is 3.02. The first-order valence-corrected chi connectivity index (χ1v) is 5.56. The fraction of sp³-hybridized carbons (Fsp3) is 0.0769. The highest BCUT2D eigenvalue weighted by Gasteiger charge is 2.07. The normalized spacial score (nSPS) is 9.69. The minimum atomic E-state index is -0.857. The molecule has 16 heavy (non-hydrogen) atoms. The molecule has 3 heteroatoms. The SMILES string of the molecule is Cc1ccc(C#Cc2scc(F)c2F)cc1. The van der Waals surface area contributed by atoms with E-state index in [9.17, 15) is 8.78 Å². The number of thiophene rings is 1. The van der Waals surface area contributed by atoms with Crippen molar-refractivity contribution in [3.05, 3.63) is 57.3 Å². The molecule has 0 saturated heterocycles. The Hall–Kier alpha value is -1.66. The van der Waals surface area contributed by atoms with E-state index < -0.39 is 11.6 Å². The Bertz CT molecular complexity index is 556. The average molecular weight is 234 g/mol. The van der Waals surface area contributed by atoms with Gasteiger partial charge in [-0.2, -0.15) is 0 Å². The summed E-state index contributed by atoms with van der Waals surface area (Å²) in [6.45, 7) is 1.98. The van der Waals surface area contributed by atoms with Crippen molar-refractivity contribution in [3.63, 3.8) is 0 Å². The number of hydrogen-bond acceptors (Lipinski definition) is 1. The van der Waals surface area contributed by atoms with Crippen LogP contribution in [0.3, 0.4) is 0 Å². The predicted molar refractivity (Wildman–Crippen MR) is 61.4 cm³/mol. The zero-order valence-electron chi connectivity index (χ0n) is 8.55. The van der Waals surface area contributed by atoms with Crippen molar-refractivity contribution in [1.29, 1.82) is 0 Å². The van der Waals surface area contributed by atoms with Gasteiger partial charge in [0.2, 0.25) is 0 Å². The molecule has 0 N–H and O–H groups in total. The summed E-state index contributed by atoms with van der Waals surface area (Å²) in [5, 5.41) is 1.12. The smallest absolute Gasteiger partial charge is 0.185 e. The molecule has 2 aromatic rings. The summed E-state index contributed by atoms with van der Waals surface area (Å²) in [6.07, 6.45) is 0. The van der Waals surface area contributed by atoms with Gasteiger partial charge in [0.15, 0.2) is 11.6 Å². The number of benzene rings is 1. The third-order valence-corrected chi connectivity index (χ3v) is 2.90. The van der Waals surface area contributed by atoms with Crippen molar-refractivity contribution in [2.75, 3.05) is 0 Å². The second kappa shape index (κ2) is 4.46. The molecule has 0 amide bonds. The van der Waals surface area contributed by atoms with Crippen LogP contribution in [0.1, 0.15) is 16.0 Å². The second-order valence-corrected chi connectivity index (χ2v) is 4.22. The number of hydrogen-bond donors (Lipinski definition) is 0. The van der Waals surface area contributed by atoms with Gasteiger partial charge in [-0.25, -0.2) is 8.78 Å². The summed E-state index contributed by atoms with van der Waals surface area (Å²) in [6, 6.07) is 7.55. The molecule has 2 rings (SSSR count). The van der Waals surface area contributed by atoms with Crippen LogP contribution in [0.2, 0.25) is 0 Å². The molecule has 0 spiro atoms. The lowest BCUT2D eigenvalue weighted by molar-refractivity contribution is 0.515. The van der Waals surface area contributed by atoms with Crippen molar-refractivity contribution in [2.24, 2.45) is 0 Å². The van der Waals surface area contributed by atoms with Crippen LogP contribution < -0.4 is 0 Å². The molecular formula is C13H8F2S. The summed E-state index contributed by atoms with van der Waals surface area (Å²) in [5.74, 6) is 3.73. The summed E-state index contributed by atoms with van der Waals surface area (Å²) in [4.78, 5) is 0.137. The van der Waals surface area contributed by atoms with Crippen LogP contribution in [0.15, 0.2) is 29.6 Å². The average Bonchev–Trinajstić information content (AvgIpc) is 2.60. The van der Waals surface area contributed by atoms with Crippen LogP contribution in [0.25, 0.3) is 0 Å². The largest absolute Gasteiger partial charge is 0.203 e. The van der Waals surface area contributed by atoms with E-state index in [-0.39, 0.29) is 4.88 Å². The maximum atomic E-state index is 13.1. The second-order valence-electron chi connectivity index (χ2n) is 3.34. The third-order valence-electron chi connectivity index (χ3n) is 2.06. The molecule has 0 nitrogen and oxygen atoms in total. The van der Waals surface area contributed by atoms with Crippen LogP contribution in [-0.4, -0.2) is 0 Å². The fourth-order valence-electron chi connectivity index (χ4n) is 1.17. The summed E-state index contributed by atoms with van der Waals surface area (Å²) in [7, 11) is 0. The monoisotopic (exact) mass is 234 g/mol. The van der Waals surface area contributed by atoms with E-state index in [0.29, 0.717) is 0 Å². The van der Waals surface area contributed by atoms with Gasteiger partial charge in [-0.05, 0) is 25.0 Å². The molecule has 0 radical (unpaired) electrons. The van der Waals surface area contributed by atoms with Crippen molar-refractivity contribution in [2.45, 2.75) is 6.92 Å². The summed E-state index contributed by atoms with van der Waals surface area (Å²) in [5.41, 5.74) is 1.93. The lowest BCUT2D eigenvalue weighted by Crippen LogP contribution is -1.78. The van der Waals surface area contributed by atoms with E-state index in [2.05, 4.69) is 11.8 Å². The van der Waals surface area contributed by atoms with Crippen molar-refractivity contribution < 1.29 is 8.78 Å². The fourth-order valence-corrected chi connectivity index (χ4v) is 1.81. The Morgan fingerprint density at radius 2 is 1.75 bits per heavy atom. The van der Waals surface area contributed by atoms with E-state index in [1.807, 2.05) is 31.2 Å². The van der Waals surface area contributed by atoms with Crippen LogP contribution in [0.4, 0.5) is 8.78 Å². The molecule has 1 heterocycles. The van der Waals surface area contributed by atoms with Gasteiger partial charge < -0.3 is 0 Å². The molecule has 0 saturated carbocycles. The molecule has 1 aromatic heterocycles. The van der Waals surface area contributed by atoms with E-state index in [1.54, 1.807) is 0 Å². The summed E-state index contributed by atoms with van der Waals surface area (Å²) >= 11 is 0.975. The van der Waals surface area contributed by atoms with E-state index >= 15 is 0 Å². The Balaban J connectivity index is 2.28. The molecule has 0 atom stereocenters. The van der Waals surface area contributed by atoms with Crippen LogP contribution in [0, 0.1) is 30.4 Å². The lowest BCUT2D eigenvalue weighted by Gasteiger charge is -1.91. The topological polar surface area (TPSA) is 0 Å². The zero-order valence-corrected chi connectivity index (χ0v) is 9.37. The zero-order chi connectivity index (χ0) is 11.5. The highest BCUT2D eigenvalue weighted by molar-refractivity contribution is 7.10. The highest BCUT2D eigenvalue weighted by Crippen LogP contribution is 2.18. The first-order chi connectivity index (χ1) is 7.66. The van der Waals surface area contributed by atoms with Gasteiger partial charge in [-0.15, -0.1) is 11.3 Å². The van der Waals surface area contributed by atoms with Gasteiger partial charge in [0.25, 0.3) is 0 Å². The highest BCUT2D eigenvalue weighted by atomic mass is 32.1. The maximum Gasteiger partial charge on any atom is 0.185 e. The minimum Gasteiger partial charge on any atom is -0.203 e. The Morgan fingerprint density at radius 1 is 1.06 bits per heavy atom. The van der Waals surface area contributed by atoms with Gasteiger partial charge in [0, 0.05) is 10.9 Å². The van der Waals surface area contributed by atoms with Crippen LogP contribution in [0.5, 0.6) is 0 Å². The molecule has 1 aromatic carbocycles. The number of aryl methyl sites for hydroxylation is 1. The van der Waals surface area contributed by atoms with E-state index in [1.165, 1.54) is 0 Å². The standard InChI is InChI=1S/C13H8F2S/c1-9-2-4-10(5-3-9)6-7-12-13(15)11(14)8-16-12/h2-5,8H,1H3. The molecule has 0 aliphatic rings. The maximum absolute atomic E-state index is 13.1. The predicted octanol–water partition coefficient (Wildman–Crippen LogP) is 3.73. The van der Waals surface area contributed by atoms with E-state index in [0.717, 1.165) is 27.8 Å². The van der Waals surface area contributed by atoms with Gasteiger partial charge in [-0.1, -0.05) is 23.6 Å². The van der Waals surface area contributed by atoms with Gasteiger partial charge in [0.05, 0.1) is 0 Å². The van der Waals surface area contributed by atoms with Crippen molar-refractivity contribution in [3.8, 4) is 11.8 Å². The van der Waals surface area contributed by atoms with E-state index in [4.69, 9.17) is 0 Å². The molecule has 0 aliphatic carbocycles. The first-order valence-electron chi connectivity index (χ1n) is 4.68. The quantitative estimate of drug-likeness (QED) is 0.609. The lowest BCUT2D eigenvalue weighted by atomic mass is 10.1. The Morgan fingerprint density at radius 3 is 2.31 bits per heavy atom. The van der Waals surface area contributed by atoms with Crippen LogP contribution in [-0.2, 0) is 0 Å². The Labute approximate surface area is 96.6 Å². The van der Waals surface area contributed by atoms with Crippen molar-refractivity contribution >= 4 is 11.3 Å². The number of rotatable bonds is 0. The molecule has 0 fully saturated rings. The van der Waals surface area contributed by atoms with Gasteiger partial charge in [0.1, 0.15) is 4.88 Å². The molecule has 0 unspecified atom stereocenters. The molecule has 0 bridgehead atoms. The molecule has 80 valence electrons. The molecule has 0 aliphatic heterocycles. The molecular weight excluding hydrogens is 226 g/mol. The minimum absolute atomic E-state index is 0.137. The summed E-state index contributed by atoms with van der Waals surface area (Å²) < 4.78 is 25.7.